The first-order valence-corrected chi connectivity index (χ1v) is 14.7. The molecule has 4 aromatic rings. The van der Waals surface area contributed by atoms with Gasteiger partial charge in [0.25, 0.3) is 0 Å². The zero-order chi connectivity index (χ0) is 28.2. The largest absolute Gasteiger partial charge is 0.494 e. The van der Waals surface area contributed by atoms with Crippen LogP contribution in [0.25, 0.3) is 22.5 Å². The van der Waals surface area contributed by atoms with Gasteiger partial charge in [0.2, 0.25) is 0 Å². The van der Waals surface area contributed by atoms with Gasteiger partial charge in [-0.1, -0.05) is 86.7 Å². The number of aryl methyl sites for hydroxylation is 1. The number of hydrogen-bond donors (Lipinski definition) is 2. The van der Waals surface area contributed by atoms with Crippen molar-refractivity contribution in [1.82, 2.24) is 14.7 Å². The molecular weight excluding hydrogens is 518 g/mol. The number of ether oxygens (including phenoxy) is 1. The molecule has 40 heavy (non-hydrogen) atoms. The number of carboxylic acids is 1. The minimum atomic E-state index is -0.885. The predicted molar refractivity (Wildman–Crippen MR) is 162 cm³/mol. The maximum atomic E-state index is 11.8. The number of carboxylic acid groups (broad SMARTS) is 1. The molecule has 0 aliphatic rings. The van der Waals surface area contributed by atoms with Crippen LogP contribution in [0, 0.1) is 6.92 Å². The Hall–Kier alpha value is -3.68. The first-order chi connectivity index (χ1) is 19.5. The van der Waals surface area contributed by atoms with Crippen molar-refractivity contribution in [2.45, 2.75) is 63.3 Å². The van der Waals surface area contributed by atoms with E-state index in [4.69, 9.17) is 4.74 Å². The highest BCUT2D eigenvalue weighted by Crippen LogP contribution is 2.24. The smallest absolute Gasteiger partial charge is 0.321 e. The van der Waals surface area contributed by atoms with E-state index in [0.29, 0.717) is 12.2 Å². The van der Waals surface area contributed by atoms with Crippen LogP contribution in [0.4, 0.5) is 0 Å². The van der Waals surface area contributed by atoms with Crippen LogP contribution in [0.15, 0.2) is 90.1 Å². The van der Waals surface area contributed by atoms with Crippen LogP contribution < -0.4 is 9.46 Å². The maximum Gasteiger partial charge on any atom is 0.321 e. The second kappa shape index (κ2) is 15.2. The Balaban J connectivity index is 1.30. The van der Waals surface area contributed by atoms with Crippen LogP contribution in [-0.2, 0) is 11.2 Å². The van der Waals surface area contributed by atoms with Crippen LogP contribution >= 0.6 is 11.9 Å². The Bertz CT molecular complexity index is 1330. The van der Waals surface area contributed by atoms with Gasteiger partial charge in [0.15, 0.2) is 5.82 Å². The third-order valence-corrected chi connectivity index (χ3v) is 7.56. The second-order valence-corrected chi connectivity index (χ2v) is 10.8. The molecule has 0 saturated heterocycles. The predicted octanol–water partition coefficient (Wildman–Crippen LogP) is 7.76. The minimum absolute atomic E-state index is 0.368. The van der Waals surface area contributed by atoms with Gasteiger partial charge < -0.3 is 9.84 Å². The van der Waals surface area contributed by atoms with E-state index in [9.17, 15) is 9.90 Å². The molecule has 2 N–H and O–H groups in total. The highest BCUT2D eigenvalue weighted by molar-refractivity contribution is 7.97. The Morgan fingerprint density at radius 1 is 0.850 bits per heavy atom. The van der Waals surface area contributed by atoms with Gasteiger partial charge in [-0.2, -0.15) is 0 Å². The molecule has 1 aromatic heterocycles. The van der Waals surface area contributed by atoms with Gasteiger partial charge >= 0.3 is 5.97 Å². The zero-order valence-electron chi connectivity index (χ0n) is 23.2. The Morgan fingerprint density at radius 3 is 2.15 bits per heavy atom. The summed E-state index contributed by atoms with van der Waals surface area (Å²) in [5.74, 6) is 0.622. The van der Waals surface area contributed by atoms with Crippen molar-refractivity contribution in [1.29, 1.82) is 0 Å². The van der Waals surface area contributed by atoms with E-state index < -0.39 is 12.0 Å². The molecule has 1 unspecified atom stereocenters. The minimum Gasteiger partial charge on any atom is -0.494 e. The van der Waals surface area contributed by atoms with Crippen molar-refractivity contribution < 1.29 is 14.6 Å². The van der Waals surface area contributed by atoms with Gasteiger partial charge in [0.1, 0.15) is 11.8 Å². The Labute approximate surface area is 241 Å². The number of aliphatic carboxylic acids is 1. The summed E-state index contributed by atoms with van der Waals surface area (Å²) >= 11 is 1.33. The number of unbranched alkanes of at least 4 members (excludes halogenated alkanes) is 4. The standard InChI is InChI=1S/C33H37N3O3S/c1-3-4-5-6-7-20-39-29-16-14-26(15-17-29)28-22-34-32(35-23-28)27-12-10-25(11-13-27)21-31(33(37)38)36-40-30-18-8-24(2)9-19-30/h8-19,22-23,31,36H,3-7,20-21H2,1-2H3,(H,37,38). The van der Waals surface area contributed by atoms with E-state index >= 15 is 0 Å². The summed E-state index contributed by atoms with van der Waals surface area (Å²) < 4.78 is 8.95. The molecule has 6 nitrogen and oxygen atoms in total. The number of benzene rings is 3. The first-order valence-electron chi connectivity index (χ1n) is 13.9. The summed E-state index contributed by atoms with van der Waals surface area (Å²) in [5.41, 5.74) is 4.95. The van der Waals surface area contributed by atoms with Crippen molar-refractivity contribution >= 4 is 17.9 Å². The molecule has 1 atom stereocenters. The van der Waals surface area contributed by atoms with Gasteiger partial charge in [-0.3, -0.25) is 4.79 Å². The molecule has 0 fully saturated rings. The lowest BCUT2D eigenvalue weighted by molar-refractivity contribution is -0.138. The van der Waals surface area contributed by atoms with Crippen LogP contribution in [0.5, 0.6) is 5.75 Å². The van der Waals surface area contributed by atoms with Gasteiger partial charge in [0, 0.05) is 28.4 Å². The SMILES string of the molecule is CCCCCCCOc1ccc(-c2cnc(-c3ccc(CC(NSc4ccc(C)cc4)C(=O)O)cc3)nc2)cc1. The number of aromatic nitrogens is 2. The van der Waals surface area contributed by atoms with Crippen molar-refractivity contribution in [3.63, 3.8) is 0 Å². The Morgan fingerprint density at radius 2 is 1.50 bits per heavy atom. The number of nitrogens with one attached hydrogen (secondary N) is 1. The third kappa shape index (κ3) is 8.93. The van der Waals surface area contributed by atoms with E-state index in [1.54, 1.807) is 0 Å². The van der Waals surface area contributed by atoms with E-state index in [1.807, 2.05) is 92.1 Å². The number of carbonyl (C=O) groups is 1. The summed E-state index contributed by atoms with van der Waals surface area (Å²) in [4.78, 5) is 21.9. The molecule has 208 valence electrons. The van der Waals surface area contributed by atoms with Crippen molar-refractivity contribution in [3.8, 4) is 28.3 Å². The normalized spacial score (nSPS) is 11.8. The zero-order valence-corrected chi connectivity index (χ0v) is 24.0. The third-order valence-electron chi connectivity index (χ3n) is 6.65. The highest BCUT2D eigenvalue weighted by atomic mass is 32.2. The van der Waals surface area contributed by atoms with Crippen LogP contribution in [0.2, 0.25) is 0 Å². The van der Waals surface area contributed by atoms with E-state index in [-0.39, 0.29) is 0 Å². The summed E-state index contributed by atoms with van der Waals surface area (Å²) in [6.07, 6.45) is 10.1. The highest BCUT2D eigenvalue weighted by Gasteiger charge is 2.18. The lowest BCUT2D eigenvalue weighted by atomic mass is 10.0. The summed E-state index contributed by atoms with van der Waals surface area (Å²) in [6.45, 7) is 5.00. The van der Waals surface area contributed by atoms with Gasteiger partial charge in [-0.15, -0.1) is 0 Å². The lowest BCUT2D eigenvalue weighted by Crippen LogP contribution is -2.34. The summed E-state index contributed by atoms with van der Waals surface area (Å²) in [5, 5.41) is 9.70. The van der Waals surface area contributed by atoms with Crippen LogP contribution in [0.1, 0.15) is 50.2 Å². The van der Waals surface area contributed by atoms with Crippen LogP contribution in [0.3, 0.4) is 0 Å². The molecule has 0 amide bonds. The molecule has 7 heteroatoms. The number of rotatable bonds is 15. The quantitative estimate of drug-likeness (QED) is 0.115. The van der Waals surface area contributed by atoms with Gasteiger partial charge in [-0.25, -0.2) is 14.7 Å². The maximum absolute atomic E-state index is 11.8. The molecule has 4 rings (SSSR count). The molecular formula is C33H37N3O3S. The molecule has 1 heterocycles. The average Bonchev–Trinajstić information content (AvgIpc) is 2.98. The Kier molecular flexibility index (Phi) is 11.1. The molecule has 0 radical (unpaired) electrons. The molecule has 0 aliphatic carbocycles. The summed E-state index contributed by atoms with van der Waals surface area (Å²) in [6, 6.07) is 23.1. The number of hydrogen-bond acceptors (Lipinski definition) is 6. The van der Waals surface area contributed by atoms with Crippen molar-refractivity contribution in [2.24, 2.45) is 0 Å². The molecule has 0 aliphatic heterocycles. The van der Waals surface area contributed by atoms with Crippen LogP contribution in [-0.4, -0.2) is 33.7 Å². The first kappa shape index (κ1) is 29.3. The van der Waals surface area contributed by atoms with Crippen molar-refractivity contribution in [2.75, 3.05) is 6.61 Å². The fourth-order valence-corrected chi connectivity index (χ4v) is 4.95. The number of nitrogens with zero attached hydrogens (tertiary/aromatic N) is 2. The average molecular weight is 556 g/mol. The molecule has 0 spiro atoms. The fraction of sp³-hybridized carbons (Fsp3) is 0.303. The topological polar surface area (TPSA) is 84.3 Å². The van der Waals surface area contributed by atoms with E-state index in [1.165, 1.54) is 43.2 Å². The van der Waals surface area contributed by atoms with Gasteiger partial charge in [-0.05, 0) is 67.1 Å². The fourth-order valence-electron chi connectivity index (χ4n) is 4.22. The van der Waals surface area contributed by atoms with E-state index in [2.05, 4.69) is 21.6 Å². The second-order valence-electron chi connectivity index (χ2n) is 9.91. The lowest BCUT2D eigenvalue weighted by Gasteiger charge is -2.14. The monoisotopic (exact) mass is 555 g/mol. The van der Waals surface area contributed by atoms with Gasteiger partial charge in [0.05, 0.1) is 6.61 Å². The molecule has 0 bridgehead atoms. The summed E-state index contributed by atoms with van der Waals surface area (Å²) in [7, 11) is 0. The van der Waals surface area contributed by atoms with E-state index in [0.717, 1.165) is 45.9 Å². The molecule has 0 saturated carbocycles. The van der Waals surface area contributed by atoms with Crippen molar-refractivity contribution in [3.05, 3.63) is 96.3 Å². The molecule has 3 aromatic carbocycles.